The van der Waals surface area contributed by atoms with E-state index in [9.17, 15) is 0 Å². The number of hydrogen-bond acceptors (Lipinski definition) is 4. The molecule has 0 aliphatic rings. The molecule has 0 aliphatic carbocycles. The molecule has 0 saturated heterocycles. The molecular formula is C7H10BrN3S2. The van der Waals surface area contributed by atoms with Gasteiger partial charge in [0, 0.05) is 25.4 Å². The van der Waals surface area contributed by atoms with Crippen LogP contribution < -0.4 is 10.6 Å². The van der Waals surface area contributed by atoms with E-state index in [1.807, 2.05) is 17.3 Å². The van der Waals surface area contributed by atoms with Crippen LogP contribution in [-0.2, 0) is 0 Å². The summed E-state index contributed by atoms with van der Waals surface area (Å²) in [5.74, 6) is 0. The second-order valence-corrected chi connectivity index (χ2v) is 4.76. The molecule has 1 aromatic heterocycles. The van der Waals surface area contributed by atoms with E-state index in [1.54, 1.807) is 11.3 Å². The molecule has 13 heavy (non-hydrogen) atoms. The summed E-state index contributed by atoms with van der Waals surface area (Å²) in [7, 11) is 1.98. The van der Waals surface area contributed by atoms with Crippen molar-refractivity contribution >= 4 is 49.6 Å². The van der Waals surface area contributed by atoms with Crippen LogP contribution in [0.15, 0.2) is 9.98 Å². The molecule has 0 amide bonds. The van der Waals surface area contributed by atoms with E-state index in [0.717, 1.165) is 22.7 Å². The van der Waals surface area contributed by atoms with Crippen LogP contribution in [0.3, 0.4) is 0 Å². The highest BCUT2D eigenvalue weighted by Gasteiger charge is 2.05. The second-order valence-electron chi connectivity index (χ2n) is 2.59. The minimum Gasteiger partial charge on any atom is -0.393 e. The summed E-state index contributed by atoms with van der Waals surface area (Å²) in [6, 6.07) is 0. The Morgan fingerprint density at radius 2 is 2.54 bits per heavy atom. The molecular weight excluding hydrogens is 270 g/mol. The predicted molar refractivity (Wildman–Crippen MR) is 64.5 cm³/mol. The van der Waals surface area contributed by atoms with Crippen LogP contribution in [0.5, 0.6) is 0 Å². The smallest absolute Gasteiger partial charge is 0.186 e. The predicted octanol–water partition coefficient (Wildman–Crippen LogP) is 2.02. The molecule has 2 N–H and O–H groups in total. The number of thiocarbonyl (C=S) groups is 1. The number of hydrogen-bond donors (Lipinski definition) is 1. The Labute approximate surface area is 95.1 Å². The molecule has 0 radical (unpaired) electrons. The van der Waals surface area contributed by atoms with Crippen LogP contribution in [-0.4, -0.2) is 23.6 Å². The fraction of sp³-hybridized carbons (Fsp3) is 0.429. The first kappa shape index (κ1) is 10.9. The Balaban J connectivity index is 2.48. The van der Waals surface area contributed by atoms with Gasteiger partial charge in [-0.05, 0) is 15.9 Å². The molecule has 0 spiro atoms. The molecule has 72 valence electrons. The number of rotatable bonds is 4. The van der Waals surface area contributed by atoms with Crippen molar-refractivity contribution in [1.82, 2.24) is 4.98 Å². The van der Waals surface area contributed by atoms with Gasteiger partial charge in [0.1, 0.15) is 4.60 Å². The summed E-state index contributed by atoms with van der Waals surface area (Å²) in [5.41, 5.74) is 5.40. The molecule has 0 aliphatic heterocycles. The zero-order valence-corrected chi connectivity index (χ0v) is 10.4. The lowest BCUT2D eigenvalue weighted by atomic mass is 10.4. The monoisotopic (exact) mass is 279 g/mol. The van der Waals surface area contributed by atoms with Crippen LogP contribution in [0.25, 0.3) is 0 Å². The molecule has 0 unspecified atom stereocenters. The van der Waals surface area contributed by atoms with Gasteiger partial charge in [-0.1, -0.05) is 12.2 Å². The summed E-state index contributed by atoms with van der Waals surface area (Å²) in [6.45, 7) is 0.815. The first-order chi connectivity index (χ1) is 6.09. The topological polar surface area (TPSA) is 42.1 Å². The lowest BCUT2D eigenvalue weighted by Crippen LogP contribution is -2.23. The fourth-order valence-corrected chi connectivity index (χ4v) is 2.13. The van der Waals surface area contributed by atoms with Crippen LogP contribution >= 0.6 is 39.5 Å². The highest BCUT2D eigenvalue weighted by Crippen LogP contribution is 2.22. The van der Waals surface area contributed by atoms with E-state index in [1.165, 1.54) is 0 Å². The molecule has 0 bridgehead atoms. The van der Waals surface area contributed by atoms with Crippen LogP contribution in [0, 0.1) is 0 Å². The van der Waals surface area contributed by atoms with Crippen molar-refractivity contribution in [2.75, 3.05) is 18.5 Å². The highest BCUT2D eigenvalue weighted by atomic mass is 79.9. The minimum absolute atomic E-state index is 0.544. The Hall–Kier alpha value is -0.200. The first-order valence-electron chi connectivity index (χ1n) is 3.70. The molecule has 0 aromatic carbocycles. The van der Waals surface area contributed by atoms with Crippen LogP contribution in [0.2, 0.25) is 0 Å². The number of nitrogens with two attached hydrogens (primary N) is 1. The van der Waals surface area contributed by atoms with E-state index in [0.29, 0.717) is 4.99 Å². The number of thiazole rings is 1. The molecule has 6 heteroatoms. The van der Waals surface area contributed by atoms with Gasteiger partial charge in [0.15, 0.2) is 5.13 Å². The van der Waals surface area contributed by atoms with E-state index in [-0.39, 0.29) is 0 Å². The van der Waals surface area contributed by atoms with Gasteiger partial charge in [-0.25, -0.2) is 4.98 Å². The van der Waals surface area contributed by atoms with Gasteiger partial charge in [-0.3, -0.25) is 0 Å². The number of anilines is 1. The van der Waals surface area contributed by atoms with Crippen molar-refractivity contribution in [2.45, 2.75) is 6.42 Å². The largest absolute Gasteiger partial charge is 0.393 e. The Morgan fingerprint density at radius 3 is 3.00 bits per heavy atom. The lowest BCUT2D eigenvalue weighted by molar-refractivity contribution is 0.912. The van der Waals surface area contributed by atoms with Crippen LogP contribution in [0.4, 0.5) is 5.13 Å². The molecule has 1 heterocycles. The maximum absolute atomic E-state index is 5.40. The standard InChI is InChI=1S/C7H10BrN3S2/c1-11(3-2-6(9)12)7-10-5(8)4-13-7/h4H,2-3H2,1H3,(H2,9,12). The van der Waals surface area contributed by atoms with E-state index < -0.39 is 0 Å². The van der Waals surface area contributed by atoms with Crippen molar-refractivity contribution in [3.8, 4) is 0 Å². The lowest BCUT2D eigenvalue weighted by Gasteiger charge is -2.14. The van der Waals surface area contributed by atoms with Crippen molar-refractivity contribution in [3.05, 3.63) is 9.98 Å². The van der Waals surface area contributed by atoms with Gasteiger partial charge in [0.2, 0.25) is 0 Å². The molecule has 0 atom stereocenters. The van der Waals surface area contributed by atoms with Crippen molar-refractivity contribution in [3.63, 3.8) is 0 Å². The summed E-state index contributed by atoms with van der Waals surface area (Å²) in [4.78, 5) is 6.85. The Kier molecular flexibility index (Phi) is 4.08. The number of nitrogens with zero attached hydrogens (tertiary/aromatic N) is 2. The van der Waals surface area contributed by atoms with Gasteiger partial charge in [0.25, 0.3) is 0 Å². The molecule has 0 saturated carbocycles. The Morgan fingerprint density at radius 1 is 1.85 bits per heavy atom. The third-order valence-electron chi connectivity index (χ3n) is 1.48. The van der Waals surface area contributed by atoms with Gasteiger partial charge < -0.3 is 10.6 Å². The molecule has 3 nitrogen and oxygen atoms in total. The van der Waals surface area contributed by atoms with Gasteiger partial charge in [0.05, 0.1) is 4.99 Å². The Bertz CT molecular complexity index is 300. The summed E-state index contributed by atoms with van der Waals surface area (Å²) >= 11 is 9.69. The summed E-state index contributed by atoms with van der Waals surface area (Å²) in [5, 5.41) is 2.93. The zero-order chi connectivity index (χ0) is 9.84. The molecule has 1 aromatic rings. The fourth-order valence-electron chi connectivity index (χ4n) is 0.794. The molecule has 0 fully saturated rings. The highest BCUT2D eigenvalue weighted by molar-refractivity contribution is 9.10. The maximum Gasteiger partial charge on any atom is 0.186 e. The molecule has 1 rings (SSSR count). The second kappa shape index (κ2) is 4.88. The zero-order valence-electron chi connectivity index (χ0n) is 7.16. The minimum atomic E-state index is 0.544. The first-order valence-corrected chi connectivity index (χ1v) is 5.78. The van der Waals surface area contributed by atoms with Gasteiger partial charge in [-0.2, -0.15) is 0 Å². The van der Waals surface area contributed by atoms with Crippen molar-refractivity contribution in [2.24, 2.45) is 5.73 Å². The average Bonchev–Trinajstić information content (AvgIpc) is 2.47. The number of halogens is 1. The SMILES string of the molecule is CN(CCC(N)=S)c1nc(Br)cs1. The maximum atomic E-state index is 5.40. The average molecular weight is 280 g/mol. The van der Waals surface area contributed by atoms with Crippen molar-refractivity contribution < 1.29 is 0 Å². The van der Waals surface area contributed by atoms with Crippen LogP contribution in [0.1, 0.15) is 6.42 Å². The normalized spacial score (nSPS) is 10.0. The summed E-state index contributed by atoms with van der Waals surface area (Å²) in [6.07, 6.45) is 0.725. The number of aromatic nitrogens is 1. The van der Waals surface area contributed by atoms with Gasteiger partial charge in [-0.15, -0.1) is 11.3 Å². The van der Waals surface area contributed by atoms with E-state index in [4.69, 9.17) is 18.0 Å². The van der Waals surface area contributed by atoms with Crippen molar-refractivity contribution in [1.29, 1.82) is 0 Å². The third kappa shape index (κ3) is 3.58. The van der Waals surface area contributed by atoms with E-state index in [2.05, 4.69) is 20.9 Å². The van der Waals surface area contributed by atoms with E-state index >= 15 is 0 Å². The van der Waals surface area contributed by atoms with Gasteiger partial charge >= 0.3 is 0 Å². The summed E-state index contributed by atoms with van der Waals surface area (Å²) < 4.78 is 0.870. The third-order valence-corrected chi connectivity index (χ3v) is 3.35. The quantitative estimate of drug-likeness (QED) is 0.857.